The van der Waals surface area contributed by atoms with Gasteiger partial charge in [-0.3, -0.25) is 4.68 Å². The molecule has 2 aromatic rings. The number of hydrogen-bond acceptors (Lipinski definition) is 4. The van der Waals surface area contributed by atoms with Gasteiger partial charge in [0.05, 0.1) is 11.1 Å². The summed E-state index contributed by atoms with van der Waals surface area (Å²) >= 11 is 0. The molecule has 0 fully saturated rings. The standard InChI is InChI=1S/C12H16N4O2S/c1-13-11-3-5-12(6-4-11)19(17,18)15-8-10-7-14-16(2)9-10/h3-7,9,13,15H,8H2,1-2H3. The molecular weight excluding hydrogens is 264 g/mol. The van der Waals surface area contributed by atoms with Crippen molar-refractivity contribution in [2.45, 2.75) is 11.4 Å². The summed E-state index contributed by atoms with van der Waals surface area (Å²) < 4.78 is 28.3. The third-order valence-corrected chi connectivity index (χ3v) is 4.10. The molecule has 6 nitrogen and oxygen atoms in total. The van der Waals surface area contributed by atoms with Crippen LogP contribution < -0.4 is 10.0 Å². The van der Waals surface area contributed by atoms with Crippen molar-refractivity contribution in [2.24, 2.45) is 7.05 Å². The van der Waals surface area contributed by atoms with Gasteiger partial charge >= 0.3 is 0 Å². The van der Waals surface area contributed by atoms with Gasteiger partial charge < -0.3 is 5.32 Å². The predicted molar refractivity (Wildman–Crippen MR) is 73.2 cm³/mol. The minimum Gasteiger partial charge on any atom is -0.388 e. The molecule has 0 saturated carbocycles. The largest absolute Gasteiger partial charge is 0.388 e. The van der Waals surface area contributed by atoms with Crippen LogP contribution in [0.5, 0.6) is 0 Å². The summed E-state index contributed by atoms with van der Waals surface area (Å²) in [5, 5.41) is 6.93. The molecule has 0 aliphatic heterocycles. The molecule has 0 aliphatic carbocycles. The van der Waals surface area contributed by atoms with Crippen LogP contribution in [0.2, 0.25) is 0 Å². The third kappa shape index (κ3) is 3.33. The van der Waals surface area contributed by atoms with Crippen molar-refractivity contribution in [2.75, 3.05) is 12.4 Å². The lowest BCUT2D eigenvalue weighted by Crippen LogP contribution is -2.23. The number of hydrogen-bond donors (Lipinski definition) is 2. The lowest BCUT2D eigenvalue weighted by molar-refractivity contribution is 0.581. The van der Waals surface area contributed by atoms with Crippen LogP contribution in [-0.4, -0.2) is 25.2 Å². The van der Waals surface area contributed by atoms with Gasteiger partial charge in [0, 0.05) is 38.1 Å². The zero-order valence-electron chi connectivity index (χ0n) is 10.8. The fourth-order valence-electron chi connectivity index (χ4n) is 1.63. The van der Waals surface area contributed by atoms with Crippen LogP contribution >= 0.6 is 0 Å². The average Bonchev–Trinajstić information content (AvgIpc) is 2.82. The Kier molecular flexibility index (Phi) is 3.87. The van der Waals surface area contributed by atoms with Crippen molar-refractivity contribution < 1.29 is 8.42 Å². The Hall–Kier alpha value is -1.86. The molecule has 7 heteroatoms. The minimum absolute atomic E-state index is 0.226. The highest BCUT2D eigenvalue weighted by molar-refractivity contribution is 7.89. The zero-order chi connectivity index (χ0) is 13.9. The fourth-order valence-corrected chi connectivity index (χ4v) is 2.64. The Balaban J connectivity index is 2.09. The van der Waals surface area contributed by atoms with Crippen molar-refractivity contribution in [1.82, 2.24) is 14.5 Å². The topological polar surface area (TPSA) is 76.0 Å². The summed E-state index contributed by atoms with van der Waals surface area (Å²) in [6, 6.07) is 6.58. The maximum atomic E-state index is 12.1. The van der Waals surface area contributed by atoms with Crippen LogP contribution in [0.3, 0.4) is 0 Å². The first-order valence-corrected chi connectivity index (χ1v) is 7.24. The number of nitrogens with zero attached hydrogens (tertiary/aromatic N) is 2. The highest BCUT2D eigenvalue weighted by Crippen LogP contribution is 2.13. The van der Waals surface area contributed by atoms with Gasteiger partial charge in [0.15, 0.2) is 0 Å². The summed E-state index contributed by atoms with van der Waals surface area (Å²) in [6.45, 7) is 0.226. The van der Waals surface area contributed by atoms with Crippen molar-refractivity contribution in [1.29, 1.82) is 0 Å². The molecule has 2 rings (SSSR count). The van der Waals surface area contributed by atoms with Gasteiger partial charge in [0.1, 0.15) is 0 Å². The Morgan fingerprint density at radius 1 is 1.26 bits per heavy atom. The molecule has 19 heavy (non-hydrogen) atoms. The number of rotatable bonds is 5. The maximum absolute atomic E-state index is 12.1. The molecule has 0 atom stereocenters. The SMILES string of the molecule is CNc1ccc(S(=O)(=O)NCc2cnn(C)c2)cc1. The third-order valence-electron chi connectivity index (χ3n) is 2.68. The van der Waals surface area contributed by atoms with Gasteiger partial charge in [-0.05, 0) is 24.3 Å². The molecule has 0 amide bonds. The van der Waals surface area contributed by atoms with Crippen LogP contribution in [0.15, 0.2) is 41.6 Å². The minimum atomic E-state index is -3.49. The van der Waals surface area contributed by atoms with E-state index in [9.17, 15) is 8.42 Å². The lowest BCUT2D eigenvalue weighted by atomic mass is 10.3. The average molecular weight is 280 g/mol. The normalized spacial score (nSPS) is 11.5. The van der Waals surface area contributed by atoms with E-state index in [1.807, 2.05) is 0 Å². The molecule has 1 aromatic carbocycles. The monoisotopic (exact) mass is 280 g/mol. The summed E-state index contributed by atoms with van der Waals surface area (Å²) in [5.74, 6) is 0. The fraction of sp³-hybridized carbons (Fsp3) is 0.250. The van der Waals surface area contributed by atoms with Crippen molar-refractivity contribution in [3.63, 3.8) is 0 Å². The second-order valence-corrected chi connectivity index (χ2v) is 5.89. The van der Waals surface area contributed by atoms with Crippen molar-refractivity contribution in [3.05, 3.63) is 42.2 Å². The molecule has 1 aromatic heterocycles. The molecule has 0 radical (unpaired) electrons. The maximum Gasteiger partial charge on any atom is 0.240 e. The molecule has 0 saturated heterocycles. The van der Waals surface area contributed by atoms with Gasteiger partial charge in [-0.1, -0.05) is 0 Å². The molecular formula is C12H16N4O2S. The van der Waals surface area contributed by atoms with E-state index < -0.39 is 10.0 Å². The molecule has 0 spiro atoms. The van der Waals surface area contributed by atoms with Crippen LogP contribution in [0.4, 0.5) is 5.69 Å². The first kappa shape index (κ1) is 13.6. The Morgan fingerprint density at radius 3 is 2.47 bits per heavy atom. The summed E-state index contributed by atoms with van der Waals surface area (Å²) in [7, 11) is 0.0791. The molecule has 1 heterocycles. The van der Waals surface area contributed by atoms with E-state index in [2.05, 4.69) is 15.1 Å². The second kappa shape index (κ2) is 5.41. The molecule has 0 unspecified atom stereocenters. The van der Waals surface area contributed by atoms with Crippen LogP contribution in [-0.2, 0) is 23.6 Å². The molecule has 0 bridgehead atoms. The van der Waals surface area contributed by atoms with E-state index in [1.54, 1.807) is 55.4 Å². The smallest absolute Gasteiger partial charge is 0.240 e. The molecule has 102 valence electrons. The zero-order valence-corrected chi connectivity index (χ0v) is 11.6. The number of aromatic nitrogens is 2. The van der Waals surface area contributed by atoms with Crippen LogP contribution in [0, 0.1) is 0 Å². The Bertz CT molecular complexity index is 647. The van der Waals surface area contributed by atoms with Gasteiger partial charge in [0.25, 0.3) is 0 Å². The van der Waals surface area contributed by atoms with Crippen LogP contribution in [0.25, 0.3) is 0 Å². The quantitative estimate of drug-likeness (QED) is 0.854. The molecule has 0 aliphatic rings. The first-order chi connectivity index (χ1) is 9.01. The highest BCUT2D eigenvalue weighted by Gasteiger charge is 2.13. The van der Waals surface area contributed by atoms with E-state index in [-0.39, 0.29) is 11.4 Å². The van der Waals surface area contributed by atoms with Gasteiger partial charge in [0.2, 0.25) is 10.0 Å². The van der Waals surface area contributed by atoms with Crippen molar-refractivity contribution >= 4 is 15.7 Å². The number of sulfonamides is 1. The van der Waals surface area contributed by atoms with Gasteiger partial charge in [-0.25, -0.2) is 13.1 Å². The van der Waals surface area contributed by atoms with E-state index in [0.29, 0.717) is 0 Å². The first-order valence-electron chi connectivity index (χ1n) is 5.76. The number of aryl methyl sites for hydroxylation is 1. The van der Waals surface area contributed by atoms with E-state index in [0.717, 1.165) is 11.3 Å². The molecule has 2 N–H and O–H groups in total. The van der Waals surface area contributed by atoms with Gasteiger partial charge in [-0.15, -0.1) is 0 Å². The van der Waals surface area contributed by atoms with Crippen LogP contribution in [0.1, 0.15) is 5.56 Å². The predicted octanol–water partition coefficient (Wildman–Crippen LogP) is 0.940. The second-order valence-electron chi connectivity index (χ2n) is 4.12. The summed E-state index contributed by atoms with van der Waals surface area (Å²) in [6.07, 6.45) is 3.40. The van der Waals surface area contributed by atoms with Crippen molar-refractivity contribution in [3.8, 4) is 0 Å². The Morgan fingerprint density at radius 2 is 1.95 bits per heavy atom. The van der Waals surface area contributed by atoms with E-state index in [1.165, 1.54) is 0 Å². The van der Waals surface area contributed by atoms with E-state index in [4.69, 9.17) is 0 Å². The highest BCUT2D eigenvalue weighted by atomic mass is 32.2. The summed E-state index contributed by atoms with van der Waals surface area (Å²) in [4.78, 5) is 0.246. The number of nitrogens with one attached hydrogen (secondary N) is 2. The lowest BCUT2D eigenvalue weighted by Gasteiger charge is -2.06. The number of anilines is 1. The number of benzene rings is 1. The van der Waals surface area contributed by atoms with E-state index >= 15 is 0 Å². The summed E-state index contributed by atoms with van der Waals surface area (Å²) in [5.41, 5.74) is 1.68. The Labute approximate surface area is 112 Å². The van der Waals surface area contributed by atoms with Gasteiger partial charge in [-0.2, -0.15) is 5.10 Å².